The highest BCUT2D eigenvalue weighted by atomic mass is 32.2. The fourth-order valence-corrected chi connectivity index (χ4v) is 5.74. The molecule has 0 saturated heterocycles. The van der Waals surface area contributed by atoms with Gasteiger partial charge in [-0.1, -0.05) is 55.0 Å². The predicted molar refractivity (Wildman–Crippen MR) is 186 cm³/mol. The lowest BCUT2D eigenvalue weighted by Crippen LogP contribution is -2.31. The first-order chi connectivity index (χ1) is 22.4. The van der Waals surface area contributed by atoms with Crippen molar-refractivity contribution in [3.05, 3.63) is 117 Å². The Balaban J connectivity index is 1.45. The van der Waals surface area contributed by atoms with Crippen LogP contribution in [0.15, 0.2) is 101 Å². The Bertz CT molecular complexity index is 1720. The fraction of sp³-hybridized carbons (Fsp3) is 0.314. The van der Waals surface area contributed by atoms with Crippen LogP contribution < -0.4 is 20.7 Å². The fourth-order valence-electron chi connectivity index (χ4n) is 4.57. The number of nitrogens with one attached hydrogen (secondary N) is 4. The molecule has 250 valence electrons. The minimum Gasteiger partial charge on any atom is -0.381 e. The number of allylic oxidation sites excluding steroid dienone is 2. The van der Waals surface area contributed by atoms with Gasteiger partial charge in [-0.3, -0.25) is 24.4 Å². The van der Waals surface area contributed by atoms with Crippen LogP contribution in [0.1, 0.15) is 50.7 Å². The van der Waals surface area contributed by atoms with Crippen LogP contribution in [-0.4, -0.2) is 38.2 Å². The minimum atomic E-state index is -3.92. The van der Waals surface area contributed by atoms with Gasteiger partial charge in [-0.2, -0.15) is 0 Å². The molecule has 47 heavy (non-hydrogen) atoms. The number of rotatable bonds is 17. The Hall–Kier alpha value is -4.97. The number of nitro groups is 1. The Kier molecular flexibility index (Phi) is 13.7. The number of hydrogen-bond donors (Lipinski definition) is 4. The average molecular weight is 662 g/mol. The molecule has 0 aliphatic heterocycles. The lowest BCUT2D eigenvalue weighted by atomic mass is 10.00. The van der Waals surface area contributed by atoms with Gasteiger partial charge in [0.15, 0.2) is 0 Å². The van der Waals surface area contributed by atoms with Crippen molar-refractivity contribution in [2.45, 2.75) is 58.3 Å². The highest BCUT2D eigenvalue weighted by molar-refractivity contribution is 7.92. The van der Waals surface area contributed by atoms with Crippen LogP contribution in [0.3, 0.4) is 0 Å². The van der Waals surface area contributed by atoms with E-state index < -0.39 is 32.5 Å². The van der Waals surface area contributed by atoms with Crippen molar-refractivity contribution >= 4 is 38.9 Å². The number of para-hydroxylation sites is 1. The van der Waals surface area contributed by atoms with Crippen molar-refractivity contribution in [1.82, 2.24) is 5.32 Å². The summed E-state index contributed by atoms with van der Waals surface area (Å²) in [6, 6.07) is 21.0. The summed E-state index contributed by atoms with van der Waals surface area (Å²) in [5.41, 5.74) is 4.13. The zero-order chi connectivity index (χ0) is 34.4. The second-order valence-electron chi connectivity index (χ2n) is 11.5. The van der Waals surface area contributed by atoms with Gasteiger partial charge in [-0.05, 0) is 99.6 Å². The van der Waals surface area contributed by atoms with E-state index in [-0.39, 0.29) is 29.5 Å². The normalized spacial score (nSPS) is 12.6. The summed E-state index contributed by atoms with van der Waals surface area (Å²) in [4.78, 5) is 35.9. The molecule has 0 spiro atoms. The summed E-state index contributed by atoms with van der Waals surface area (Å²) in [6.45, 7) is 8.31. The molecular formula is C35H43N5O6S. The molecule has 0 fully saturated rings. The van der Waals surface area contributed by atoms with Crippen molar-refractivity contribution in [3.8, 4) is 0 Å². The number of aryl methyl sites for hydroxylation is 1. The number of hydrogen-bond acceptors (Lipinski definition) is 7. The molecule has 0 aliphatic carbocycles. The number of nitrogens with zero attached hydrogens (tertiary/aromatic N) is 1. The molecule has 12 heteroatoms. The topological polar surface area (TPSA) is 160 Å². The van der Waals surface area contributed by atoms with Gasteiger partial charge in [0, 0.05) is 30.9 Å². The molecule has 1 atom stereocenters. The number of benzene rings is 3. The van der Waals surface area contributed by atoms with Gasteiger partial charge in [-0.15, -0.1) is 0 Å². The standard InChI is InChI=1S/C35H43N5O6S/c1-25(11-8-12-26(2)24-37-29-14-6-5-7-15-29)19-20-33(40(43)44)35(42)36-22-21-34(41)38-30-16-10-17-31(23-30)47(45,46)39-32-18-9-13-27(3)28(32)4/h5-7,9-10,12-18,20,23,25,37,39H,8,11,19,21-22,24H2,1-4H3,(H,36,42)(H,38,41)/b26-12+,33-20-. The minimum absolute atomic E-state index is 0.0364. The summed E-state index contributed by atoms with van der Waals surface area (Å²) in [5, 5.41) is 20.0. The molecule has 3 aromatic carbocycles. The summed E-state index contributed by atoms with van der Waals surface area (Å²) in [5.74, 6) is -1.25. The molecule has 0 bridgehead atoms. The first-order valence-corrected chi connectivity index (χ1v) is 16.9. The van der Waals surface area contributed by atoms with Gasteiger partial charge in [0.2, 0.25) is 5.91 Å². The average Bonchev–Trinajstić information content (AvgIpc) is 3.02. The van der Waals surface area contributed by atoms with Crippen molar-refractivity contribution in [3.63, 3.8) is 0 Å². The van der Waals surface area contributed by atoms with Crippen LogP contribution in [0, 0.1) is 29.9 Å². The Morgan fingerprint density at radius 3 is 2.38 bits per heavy atom. The van der Waals surface area contributed by atoms with E-state index in [0.29, 0.717) is 12.1 Å². The highest BCUT2D eigenvalue weighted by Crippen LogP contribution is 2.23. The summed E-state index contributed by atoms with van der Waals surface area (Å²) >= 11 is 0. The molecule has 2 amide bonds. The monoisotopic (exact) mass is 661 g/mol. The van der Waals surface area contributed by atoms with Crippen LogP contribution in [0.5, 0.6) is 0 Å². The molecule has 0 aromatic heterocycles. The third-order valence-electron chi connectivity index (χ3n) is 7.55. The number of sulfonamides is 1. The lowest BCUT2D eigenvalue weighted by molar-refractivity contribution is -0.419. The molecule has 3 aromatic rings. The molecule has 0 heterocycles. The molecule has 11 nitrogen and oxygen atoms in total. The van der Waals surface area contributed by atoms with E-state index in [4.69, 9.17) is 0 Å². The third kappa shape index (κ3) is 12.0. The van der Waals surface area contributed by atoms with Crippen LogP contribution in [0.4, 0.5) is 17.1 Å². The van der Waals surface area contributed by atoms with Crippen molar-refractivity contribution in [2.24, 2.45) is 5.92 Å². The van der Waals surface area contributed by atoms with Crippen molar-refractivity contribution in [2.75, 3.05) is 28.4 Å². The summed E-state index contributed by atoms with van der Waals surface area (Å²) in [6.07, 6.45) is 5.26. The van der Waals surface area contributed by atoms with Gasteiger partial charge in [0.05, 0.1) is 15.5 Å². The van der Waals surface area contributed by atoms with Crippen LogP contribution in [0.2, 0.25) is 0 Å². The van der Waals surface area contributed by atoms with Gasteiger partial charge in [0.25, 0.3) is 10.0 Å². The zero-order valence-electron chi connectivity index (χ0n) is 27.2. The van der Waals surface area contributed by atoms with E-state index in [1.54, 1.807) is 18.2 Å². The first kappa shape index (κ1) is 36.5. The van der Waals surface area contributed by atoms with E-state index in [9.17, 15) is 28.1 Å². The quantitative estimate of drug-likeness (QED) is 0.0551. The summed E-state index contributed by atoms with van der Waals surface area (Å²) in [7, 11) is -3.92. The van der Waals surface area contributed by atoms with E-state index in [1.165, 1.54) is 29.8 Å². The smallest absolute Gasteiger partial charge is 0.329 e. The number of carbonyl (C=O) groups is 2. The highest BCUT2D eigenvalue weighted by Gasteiger charge is 2.22. The van der Waals surface area contributed by atoms with Crippen LogP contribution in [0.25, 0.3) is 0 Å². The van der Waals surface area contributed by atoms with Gasteiger partial charge < -0.3 is 16.0 Å². The van der Waals surface area contributed by atoms with Gasteiger partial charge in [0.1, 0.15) is 0 Å². The predicted octanol–water partition coefficient (Wildman–Crippen LogP) is 6.57. The molecule has 4 N–H and O–H groups in total. The Morgan fingerprint density at radius 1 is 0.957 bits per heavy atom. The van der Waals surface area contributed by atoms with Crippen LogP contribution in [-0.2, 0) is 19.6 Å². The zero-order valence-corrected chi connectivity index (χ0v) is 28.0. The van der Waals surface area contributed by atoms with Crippen LogP contribution >= 0.6 is 0 Å². The SMILES string of the molecule is C/C(=C\CCC(C)C/C=C(/C(=O)NCCC(=O)Nc1cccc(S(=O)(=O)Nc2cccc(C)c2C)c1)[N+](=O)[O-])CNc1ccccc1. The van der Waals surface area contributed by atoms with E-state index in [2.05, 4.69) is 26.7 Å². The maximum absolute atomic E-state index is 13.0. The van der Waals surface area contributed by atoms with Crippen molar-refractivity contribution in [1.29, 1.82) is 0 Å². The van der Waals surface area contributed by atoms with Gasteiger partial charge in [-0.25, -0.2) is 8.42 Å². The Labute approximate surface area is 276 Å². The molecular weight excluding hydrogens is 618 g/mol. The first-order valence-electron chi connectivity index (χ1n) is 15.4. The molecule has 0 saturated carbocycles. The summed E-state index contributed by atoms with van der Waals surface area (Å²) < 4.78 is 28.5. The number of anilines is 3. The number of amides is 2. The maximum Gasteiger partial charge on any atom is 0.329 e. The molecule has 3 rings (SSSR count). The largest absolute Gasteiger partial charge is 0.381 e. The van der Waals surface area contributed by atoms with E-state index >= 15 is 0 Å². The second kappa shape index (κ2) is 17.7. The van der Waals surface area contributed by atoms with E-state index in [0.717, 1.165) is 36.2 Å². The van der Waals surface area contributed by atoms with Gasteiger partial charge >= 0.3 is 11.6 Å². The maximum atomic E-state index is 13.0. The Morgan fingerprint density at radius 2 is 1.66 bits per heavy atom. The molecule has 1 unspecified atom stereocenters. The van der Waals surface area contributed by atoms with Crippen molar-refractivity contribution < 1.29 is 22.9 Å². The lowest BCUT2D eigenvalue weighted by Gasteiger charge is -2.13. The number of carbonyl (C=O) groups excluding carboxylic acids is 2. The second-order valence-corrected chi connectivity index (χ2v) is 13.2. The molecule has 0 radical (unpaired) electrons. The third-order valence-corrected chi connectivity index (χ3v) is 8.92. The van der Waals surface area contributed by atoms with E-state index in [1.807, 2.05) is 64.1 Å². The molecule has 0 aliphatic rings.